The van der Waals surface area contributed by atoms with E-state index in [0.29, 0.717) is 13.0 Å². The van der Waals surface area contributed by atoms with Crippen LogP contribution in [0.5, 0.6) is 0 Å². The van der Waals surface area contributed by atoms with E-state index in [1.165, 1.54) is 25.1 Å². The number of rotatable bonds is 5. The molecule has 24 heavy (non-hydrogen) atoms. The number of halogens is 1. The van der Waals surface area contributed by atoms with Gasteiger partial charge in [-0.1, -0.05) is 30.3 Å². The Morgan fingerprint density at radius 1 is 1.04 bits per heavy atom. The summed E-state index contributed by atoms with van der Waals surface area (Å²) in [5.74, 6) is -2.05. The van der Waals surface area contributed by atoms with Gasteiger partial charge in [0.1, 0.15) is 5.82 Å². The van der Waals surface area contributed by atoms with Crippen LogP contribution in [0.2, 0.25) is 0 Å². The molecule has 0 unspecified atom stereocenters. The lowest BCUT2D eigenvalue weighted by molar-refractivity contribution is -0.136. The summed E-state index contributed by atoms with van der Waals surface area (Å²) in [6.07, 6.45) is 0.559. The summed E-state index contributed by atoms with van der Waals surface area (Å²) in [4.78, 5) is 23.6. The number of hydrogen-bond acceptors (Lipinski definition) is 3. The number of carbonyl (C=O) groups excluding carboxylic acids is 2. The number of aliphatic hydroxyl groups is 1. The SMILES string of the molecule is Cc1c(F)cccc1NC(=O)C(=O)NCCc1ccc(CO)cc1. The molecule has 2 rings (SSSR count). The predicted molar refractivity (Wildman–Crippen MR) is 88.8 cm³/mol. The van der Waals surface area contributed by atoms with Gasteiger partial charge < -0.3 is 15.7 Å². The number of carbonyl (C=O) groups is 2. The van der Waals surface area contributed by atoms with Gasteiger partial charge >= 0.3 is 11.8 Å². The van der Waals surface area contributed by atoms with Crippen molar-refractivity contribution >= 4 is 17.5 Å². The van der Waals surface area contributed by atoms with E-state index in [1.807, 2.05) is 12.1 Å². The fourth-order valence-corrected chi connectivity index (χ4v) is 2.13. The summed E-state index contributed by atoms with van der Waals surface area (Å²) in [6.45, 7) is 1.81. The Labute approximate surface area is 139 Å². The smallest absolute Gasteiger partial charge is 0.313 e. The maximum atomic E-state index is 13.4. The van der Waals surface area contributed by atoms with Crippen LogP contribution in [0.3, 0.4) is 0 Å². The average molecular weight is 330 g/mol. The molecule has 0 atom stereocenters. The van der Waals surface area contributed by atoms with Crippen molar-refractivity contribution in [2.45, 2.75) is 20.0 Å². The van der Waals surface area contributed by atoms with Gasteiger partial charge in [-0.15, -0.1) is 0 Å². The van der Waals surface area contributed by atoms with Gasteiger partial charge in [0.15, 0.2) is 0 Å². The number of aliphatic hydroxyl groups excluding tert-OH is 1. The lowest BCUT2D eigenvalue weighted by Crippen LogP contribution is -2.36. The molecule has 2 amide bonds. The highest BCUT2D eigenvalue weighted by Gasteiger charge is 2.15. The predicted octanol–water partition coefficient (Wildman–Crippen LogP) is 1.92. The minimum atomic E-state index is -0.834. The second-order valence-electron chi connectivity index (χ2n) is 5.35. The number of anilines is 1. The molecule has 6 heteroatoms. The quantitative estimate of drug-likeness (QED) is 0.733. The number of benzene rings is 2. The minimum absolute atomic E-state index is 0.0172. The van der Waals surface area contributed by atoms with Crippen molar-refractivity contribution < 1.29 is 19.1 Å². The van der Waals surface area contributed by atoms with E-state index in [-0.39, 0.29) is 17.9 Å². The first-order chi connectivity index (χ1) is 11.5. The largest absolute Gasteiger partial charge is 0.392 e. The van der Waals surface area contributed by atoms with Gasteiger partial charge in [0.2, 0.25) is 0 Å². The second kappa shape index (κ2) is 8.21. The molecule has 0 aromatic heterocycles. The summed E-state index contributed by atoms with van der Waals surface area (Å²) in [6, 6.07) is 11.6. The molecule has 2 aromatic rings. The molecule has 0 saturated carbocycles. The van der Waals surface area contributed by atoms with Crippen LogP contribution in [0, 0.1) is 12.7 Å². The first kappa shape index (κ1) is 17.6. The Kier molecular flexibility index (Phi) is 6.03. The molecule has 0 bridgehead atoms. The lowest BCUT2D eigenvalue weighted by Gasteiger charge is -2.09. The van der Waals surface area contributed by atoms with Crippen molar-refractivity contribution in [2.24, 2.45) is 0 Å². The van der Waals surface area contributed by atoms with Gasteiger partial charge in [0.25, 0.3) is 0 Å². The highest BCUT2D eigenvalue weighted by atomic mass is 19.1. The van der Waals surface area contributed by atoms with Crippen LogP contribution < -0.4 is 10.6 Å². The third-order valence-electron chi connectivity index (χ3n) is 3.63. The van der Waals surface area contributed by atoms with Crippen LogP contribution in [-0.4, -0.2) is 23.5 Å². The van der Waals surface area contributed by atoms with Gasteiger partial charge in [-0.3, -0.25) is 9.59 Å². The molecular formula is C18H19FN2O3. The van der Waals surface area contributed by atoms with Crippen LogP contribution >= 0.6 is 0 Å². The highest BCUT2D eigenvalue weighted by molar-refractivity contribution is 6.39. The summed E-state index contributed by atoms with van der Waals surface area (Å²) < 4.78 is 13.4. The van der Waals surface area contributed by atoms with Gasteiger partial charge in [0.05, 0.1) is 6.61 Å². The normalized spacial score (nSPS) is 10.3. The van der Waals surface area contributed by atoms with Crippen molar-refractivity contribution in [1.29, 1.82) is 0 Å². The maximum Gasteiger partial charge on any atom is 0.313 e. The molecule has 5 nitrogen and oxygen atoms in total. The number of nitrogens with one attached hydrogen (secondary N) is 2. The molecule has 0 saturated heterocycles. The van der Waals surface area contributed by atoms with Crippen molar-refractivity contribution in [3.05, 3.63) is 65.0 Å². The minimum Gasteiger partial charge on any atom is -0.392 e. The topological polar surface area (TPSA) is 78.4 Å². The van der Waals surface area contributed by atoms with E-state index in [4.69, 9.17) is 5.11 Å². The first-order valence-electron chi connectivity index (χ1n) is 7.54. The van der Waals surface area contributed by atoms with Crippen molar-refractivity contribution in [3.8, 4) is 0 Å². The standard InChI is InChI=1S/C18H19FN2O3/c1-12-15(19)3-2-4-16(12)21-18(24)17(23)20-10-9-13-5-7-14(11-22)8-6-13/h2-8,22H,9-11H2,1H3,(H,20,23)(H,21,24). The van der Waals surface area contributed by atoms with Crippen LogP contribution in [-0.2, 0) is 22.6 Å². The molecule has 0 aliphatic heterocycles. The van der Waals surface area contributed by atoms with Gasteiger partial charge in [-0.25, -0.2) is 4.39 Å². The van der Waals surface area contributed by atoms with Crippen LogP contribution in [0.1, 0.15) is 16.7 Å². The molecule has 3 N–H and O–H groups in total. The molecule has 0 heterocycles. The summed E-state index contributed by atoms with van der Waals surface area (Å²) in [7, 11) is 0. The second-order valence-corrected chi connectivity index (χ2v) is 5.35. The van der Waals surface area contributed by atoms with E-state index in [9.17, 15) is 14.0 Å². The van der Waals surface area contributed by atoms with Crippen LogP contribution in [0.25, 0.3) is 0 Å². The van der Waals surface area contributed by atoms with Crippen molar-refractivity contribution in [3.63, 3.8) is 0 Å². The highest BCUT2D eigenvalue weighted by Crippen LogP contribution is 2.17. The Morgan fingerprint density at radius 2 is 1.71 bits per heavy atom. The Hall–Kier alpha value is -2.73. The lowest BCUT2D eigenvalue weighted by atomic mass is 10.1. The first-order valence-corrected chi connectivity index (χ1v) is 7.54. The molecule has 0 radical (unpaired) electrons. The van der Waals surface area contributed by atoms with Gasteiger partial charge in [-0.2, -0.15) is 0 Å². The zero-order chi connectivity index (χ0) is 17.5. The summed E-state index contributed by atoms with van der Waals surface area (Å²) in [5, 5.41) is 13.9. The third-order valence-corrected chi connectivity index (χ3v) is 3.63. The van der Waals surface area contributed by atoms with Crippen molar-refractivity contribution in [1.82, 2.24) is 5.32 Å². The van der Waals surface area contributed by atoms with Gasteiger partial charge in [0, 0.05) is 17.8 Å². The molecule has 0 aliphatic rings. The van der Waals surface area contributed by atoms with E-state index in [1.54, 1.807) is 12.1 Å². The Bertz CT molecular complexity index is 730. The van der Waals surface area contributed by atoms with E-state index >= 15 is 0 Å². The molecule has 0 aliphatic carbocycles. The maximum absolute atomic E-state index is 13.4. The fraction of sp³-hybridized carbons (Fsp3) is 0.222. The molecular weight excluding hydrogens is 311 g/mol. The Morgan fingerprint density at radius 3 is 2.38 bits per heavy atom. The number of amides is 2. The van der Waals surface area contributed by atoms with E-state index in [0.717, 1.165) is 11.1 Å². The van der Waals surface area contributed by atoms with Crippen LogP contribution in [0.4, 0.5) is 10.1 Å². The van der Waals surface area contributed by atoms with Crippen LogP contribution in [0.15, 0.2) is 42.5 Å². The molecule has 0 spiro atoms. The number of hydrogen-bond donors (Lipinski definition) is 3. The monoisotopic (exact) mass is 330 g/mol. The van der Waals surface area contributed by atoms with Crippen molar-refractivity contribution in [2.75, 3.05) is 11.9 Å². The fourth-order valence-electron chi connectivity index (χ4n) is 2.13. The zero-order valence-corrected chi connectivity index (χ0v) is 13.3. The third kappa shape index (κ3) is 4.63. The molecule has 0 fully saturated rings. The summed E-state index contributed by atoms with van der Waals surface area (Å²) >= 11 is 0. The van der Waals surface area contributed by atoms with E-state index < -0.39 is 17.6 Å². The molecule has 126 valence electrons. The summed E-state index contributed by atoms with van der Waals surface area (Å²) in [5.41, 5.74) is 2.35. The average Bonchev–Trinajstić information content (AvgIpc) is 2.59. The van der Waals surface area contributed by atoms with E-state index in [2.05, 4.69) is 10.6 Å². The van der Waals surface area contributed by atoms with Gasteiger partial charge in [-0.05, 0) is 36.6 Å². The zero-order valence-electron chi connectivity index (χ0n) is 13.3. The Balaban J connectivity index is 1.83. The molecule has 2 aromatic carbocycles.